The van der Waals surface area contributed by atoms with Crippen LogP contribution in [0, 0.1) is 17.3 Å². The fourth-order valence-corrected chi connectivity index (χ4v) is 6.11. The van der Waals surface area contributed by atoms with Crippen LogP contribution in [0.25, 0.3) is 0 Å². The van der Waals surface area contributed by atoms with Gasteiger partial charge in [0.2, 0.25) is 0 Å². The Bertz CT molecular complexity index is 1310. The van der Waals surface area contributed by atoms with E-state index in [1.165, 1.54) is 11.8 Å². The lowest BCUT2D eigenvalue weighted by atomic mass is 9.68. The van der Waals surface area contributed by atoms with Crippen molar-refractivity contribution >= 4 is 35.0 Å². The minimum absolute atomic E-state index is 0.0675. The second-order valence-corrected chi connectivity index (χ2v) is 10.9. The summed E-state index contributed by atoms with van der Waals surface area (Å²) in [5.41, 5.74) is 14.6. The first kappa shape index (κ1) is 24.9. The van der Waals surface area contributed by atoms with Gasteiger partial charge in [0.15, 0.2) is 5.82 Å². The number of anilines is 2. The van der Waals surface area contributed by atoms with Crippen molar-refractivity contribution in [2.45, 2.75) is 48.3 Å². The summed E-state index contributed by atoms with van der Waals surface area (Å²) in [6.07, 6.45) is 8.52. The number of halogens is 1. The average Bonchev–Trinajstić information content (AvgIpc) is 3.29. The summed E-state index contributed by atoms with van der Waals surface area (Å²) in [4.78, 5) is 12.4. The van der Waals surface area contributed by atoms with Gasteiger partial charge in [-0.2, -0.15) is 5.10 Å². The second kappa shape index (κ2) is 10.3. The van der Waals surface area contributed by atoms with E-state index in [0.717, 1.165) is 60.8 Å². The molecule has 36 heavy (non-hydrogen) atoms. The summed E-state index contributed by atoms with van der Waals surface area (Å²) in [5, 5.41) is 5.32. The minimum atomic E-state index is 0.0675. The van der Waals surface area contributed by atoms with Crippen molar-refractivity contribution in [3.8, 4) is 11.8 Å². The van der Waals surface area contributed by atoms with E-state index in [1.54, 1.807) is 17.1 Å². The molecule has 1 aromatic carbocycles. The number of aromatic nitrogens is 4. The highest BCUT2D eigenvalue weighted by Crippen LogP contribution is 2.43. The smallest absolute Gasteiger partial charge is 0.158 e. The summed E-state index contributed by atoms with van der Waals surface area (Å²) >= 11 is 8.06. The molecule has 2 aliphatic heterocycles. The van der Waals surface area contributed by atoms with Crippen LogP contribution in [0.2, 0.25) is 5.02 Å². The zero-order valence-electron chi connectivity index (χ0n) is 20.4. The van der Waals surface area contributed by atoms with Crippen molar-refractivity contribution in [3.63, 3.8) is 0 Å². The Morgan fingerprint density at radius 3 is 2.72 bits per heavy atom. The van der Waals surface area contributed by atoms with Crippen LogP contribution >= 0.6 is 23.4 Å². The van der Waals surface area contributed by atoms with Crippen molar-refractivity contribution in [3.05, 3.63) is 52.9 Å². The number of piperidine rings is 1. The van der Waals surface area contributed by atoms with Crippen molar-refractivity contribution in [1.29, 1.82) is 0 Å². The van der Waals surface area contributed by atoms with Crippen LogP contribution in [0.4, 0.5) is 11.6 Å². The normalized spacial score (nSPS) is 21.3. The quantitative estimate of drug-likeness (QED) is 0.500. The van der Waals surface area contributed by atoms with Crippen LogP contribution in [0.3, 0.4) is 0 Å². The molecule has 0 bridgehead atoms. The number of rotatable bonds is 3. The second-order valence-electron chi connectivity index (χ2n) is 9.49. The number of hydrogen-bond acceptors (Lipinski definition) is 8. The molecular weight excluding hydrogens is 494 g/mol. The van der Waals surface area contributed by atoms with E-state index in [1.807, 2.05) is 31.4 Å². The molecule has 2 saturated heterocycles. The number of hydrogen-bond donors (Lipinski definition) is 2. The van der Waals surface area contributed by atoms with Gasteiger partial charge >= 0.3 is 0 Å². The lowest BCUT2D eigenvalue weighted by molar-refractivity contribution is -0.0669. The molecule has 1 spiro atoms. The van der Waals surface area contributed by atoms with Crippen molar-refractivity contribution < 1.29 is 4.74 Å². The number of aryl methyl sites for hydroxylation is 1. The maximum Gasteiger partial charge on any atom is 0.158 e. The van der Waals surface area contributed by atoms with Crippen LogP contribution in [0.1, 0.15) is 37.3 Å². The average molecular weight is 524 g/mol. The first-order valence-corrected chi connectivity index (χ1v) is 13.3. The summed E-state index contributed by atoms with van der Waals surface area (Å²) in [6, 6.07) is 5.81. The van der Waals surface area contributed by atoms with E-state index < -0.39 is 0 Å². The van der Waals surface area contributed by atoms with Gasteiger partial charge in [-0.3, -0.25) is 4.68 Å². The highest BCUT2D eigenvalue weighted by atomic mass is 35.5. The summed E-state index contributed by atoms with van der Waals surface area (Å²) in [7, 11) is 1.86. The molecule has 0 saturated carbocycles. The van der Waals surface area contributed by atoms with Crippen LogP contribution in [-0.4, -0.2) is 51.6 Å². The summed E-state index contributed by atoms with van der Waals surface area (Å²) in [6.45, 7) is 4.62. The summed E-state index contributed by atoms with van der Waals surface area (Å²) in [5.74, 6) is 7.40. The molecule has 8 nitrogen and oxygen atoms in total. The van der Waals surface area contributed by atoms with Gasteiger partial charge in [0.05, 0.1) is 29.1 Å². The Labute approximate surface area is 220 Å². The molecule has 188 valence electrons. The Balaban J connectivity index is 1.28. The molecule has 2 aromatic heterocycles. The number of benzene rings is 1. The molecule has 3 aromatic rings. The fraction of sp³-hybridized carbons (Fsp3) is 0.423. The number of ether oxygens (including phenoxy) is 1. The SMILES string of the molecule is C[C@@H]1OCCC2(CCN(c3cnc(Sc4cccc(C#Cc5cnn(C)c5)c4Cl)c(N)n3)CC2)[C@@H]1N. The molecule has 0 unspecified atom stereocenters. The third kappa shape index (κ3) is 5.04. The van der Waals surface area contributed by atoms with Gasteiger partial charge in [-0.1, -0.05) is 41.3 Å². The molecule has 0 aliphatic carbocycles. The van der Waals surface area contributed by atoms with Gasteiger partial charge in [0, 0.05) is 49.4 Å². The van der Waals surface area contributed by atoms with Gasteiger partial charge in [0.1, 0.15) is 10.8 Å². The molecular formula is C26H30ClN7OS. The number of nitrogens with two attached hydrogens (primary N) is 2. The summed E-state index contributed by atoms with van der Waals surface area (Å²) < 4.78 is 7.47. The lowest BCUT2D eigenvalue weighted by Gasteiger charge is -2.50. The van der Waals surface area contributed by atoms with Crippen LogP contribution in [-0.2, 0) is 11.8 Å². The first-order valence-electron chi connectivity index (χ1n) is 12.1. The molecule has 2 fully saturated rings. The zero-order chi connectivity index (χ0) is 25.3. The molecule has 4 heterocycles. The standard InChI is InChI=1S/C26H30ClN7OS/c1-17-23(28)26(10-13-35-17)8-11-34(12-9-26)21-15-30-25(24(29)32-21)36-20-5-3-4-19(22(20)27)7-6-18-14-31-33(2)16-18/h3-5,14-17,23H,8-13,28H2,1-2H3,(H2,29,32)/t17-,23+/m0/s1. The van der Waals surface area contributed by atoms with E-state index in [9.17, 15) is 0 Å². The molecule has 2 aliphatic rings. The molecule has 10 heteroatoms. The predicted octanol–water partition coefficient (Wildman–Crippen LogP) is 3.72. The molecule has 2 atom stereocenters. The van der Waals surface area contributed by atoms with Crippen molar-refractivity contribution in [1.82, 2.24) is 19.7 Å². The number of nitrogen functional groups attached to an aromatic ring is 1. The number of nitrogens with zero attached hydrogens (tertiary/aromatic N) is 5. The molecule has 4 N–H and O–H groups in total. The van der Waals surface area contributed by atoms with E-state index in [0.29, 0.717) is 15.9 Å². The maximum atomic E-state index is 6.67. The predicted molar refractivity (Wildman–Crippen MR) is 143 cm³/mol. The zero-order valence-corrected chi connectivity index (χ0v) is 22.0. The highest BCUT2D eigenvalue weighted by molar-refractivity contribution is 7.99. The Hall–Kier alpha value is -2.77. The van der Waals surface area contributed by atoms with Crippen LogP contribution < -0.4 is 16.4 Å². The van der Waals surface area contributed by atoms with E-state index in [2.05, 4.69) is 38.7 Å². The molecule has 5 rings (SSSR count). The Kier molecular flexibility index (Phi) is 7.13. The monoisotopic (exact) mass is 523 g/mol. The Morgan fingerprint density at radius 1 is 1.19 bits per heavy atom. The van der Waals surface area contributed by atoms with Crippen molar-refractivity contribution in [2.24, 2.45) is 18.2 Å². The minimum Gasteiger partial charge on any atom is -0.381 e. The maximum absolute atomic E-state index is 6.67. The van der Waals surface area contributed by atoms with E-state index in [4.69, 9.17) is 27.8 Å². The van der Waals surface area contributed by atoms with E-state index in [-0.39, 0.29) is 17.6 Å². The fourth-order valence-electron chi connectivity index (χ4n) is 5.01. The van der Waals surface area contributed by atoms with Gasteiger partial charge in [-0.05, 0) is 43.7 Å². The third-order valence-electron chi connectivity index (χ3n) is 7.24. The molecule has 0 radical (unpaired) electrons. The Morgan fingerprint density at radius 2 is 2.00 bits per heavy atom. The van der Waals surface area contributed by atoms with Gasteiger partial charge in [-0.25, -0.2) is 9.97 Å². The first-order chi connectivity index (χ1) is 17.3. The van der Waals surface area contributed by atoms with Crippen LogP contribution in [0.5, 0.6) is 0 Å². The lowest BCUT2D eigenvalue weighted by Crippen LogP contribution is -2.57. The van der Waals surface area contributed by atoms with Gasteiger partial charge < -0.3 is 21.1 Å². The largest absolute Gasteiger partial charge is 0.381 e. The third-order valence-corrected chi connectivity index (χ3v) is 8.83. The van der Waals surface area contributed by atoms with E-state index >= 15 is 0 Å². The van der Waals surface area contributed by atoms with Gasteiger partial charge in [0.25, 0.3) is 0 Å². The van der Waals surface area contributed by atoms with Gasteiger partial charge in [-0.15, -0.1) is 0 Å². The topological polar surface area (TPSA) is 108 Å². The van der Waals surface area contributed by atoms with Crippen LogP contribution in [0.15, 0.2) is 46.7 Å². The van der Waals surface area contributed by atoms with Crippen molar-refractivity contribution in [2.75, 3.05) is 30.3 Å². The highest BCUT2D eigenvalue weighted by Gasteiger charge is 2.44. The molecule has 0 amide bonds.